The Bertz CT molecular complexity index is 1250. The molecule has 4 aromatic rings. The Labute approximate surface area is 194 Å². The number of hydrogen-bond donors (Lipinski definition) is 3. The van der Waals surface area contributed by atoms with Crippen molar-refractivity contribution in [3.8, 4) is 5.88 Å². The maximum Gasteiger partial charge on any atom is 0.199 e. The first-order valence-corrected chi connectivity index (χ1v) is 11.7. The van der Waals surface area contributed by atoms with Crippen molar-refractivity contribution >= 4 is 28.0 Å². The van der Waals surface area contributed by atoms with Crippen molar-refractivity contribution in [3.63, 3.8) is 0 Å². The van der Waals surface area contributed by atoms with E-state index in [0.29, 0.717) is 17.0 Å². The number of nitrogen functional groups attached to an aromatic ring is 1. The molecular weight excluding hydrogens is 408 g/mol. The minimum absolute atomic E-state index is 0.0935. The zero-order valence-corrected chi connectivity index (χ0v) is 18.8. The summed E-state index contributed by atoms with van der Waals surface area (Å²) in [4.78, 5) is 10.6. The summed E-state index contributed by atoms with van der Waals surface area (Å²) in [6, 6.07) is 24.0. The number of nitrogens with two attached hydrogens (primary N) is 1. The summed E-state index contributed by atoms with van der Waals surface area (Å²) < 4.78 is 0. The second kappa shape index (κ2) is 9.51. The smallest absolute Gasteiger partial charge is 0.199 e. The first kappa shape index (κ1) is 21.3. The fourth-order valence-corrected chi connectivity index (χ4v) is 4.65. The highest BCUT2D eigenvalue weighted by Crippen LogP contribution is 2.32. The molecule has 1 aliphatic rings. The van der Waals surface area contributed by atoms with Crippen LogP contribution >= 0.6 is 0 Å². The molecule has 0 radical (unpaired) electrons. The Morgan fingerprint density at radius 1 is 0.909 bits per heavy atom. The number of nitrogens with one attached hydrogen (secondary N) is 1. The Morgan fingerprint density at radius 3 is 2.36 bits per heavy atom. The molecule has 1 aliphatic heterocycles. The minimum Gasteiger partial charge on any atom is -0.494 e. The van der Waals surface area contributed by atoms with Crippen molar-refractivity contribution in [2.24, 2.45) is 4.99 Å². The molecule has 3 aromatic carbocycles. The van der Waals surface area contributed by atoms with Crippen molar-refractivity contribution in [2.45, 2.75) is 32.2 Å². The molecule has 4 N–H and O–H groups in total. The number of hydrogen-bond acceptors (Lipinski definition) is 4. The number of anilines is 1. The van der Waals surface area contributed by atoms with Crippen LogP contribution in [-0.4, -0.2) is 33.8 Å². The summed E-state index contributed by atoms with van der Waals surface area (Å²) >= 11 is 0. The van der Waals surface area contributed by atoms with E-state index in [1.54, 1.807) is 0 Å². The number of nitrogens with zero attached hydrogens (tertiary/aromatic N) is 2. The number of aromatic amines is 1. The van der Waals surface area contributed by atoms with Gasteiger partial charge in [0.2, 0.25) is 0 Å². The summed E-state index contributed by atoms with van der Waals surface area (Å²) in [5.41, 5.74) is 12.0. The van der Waals surface area contributed by atoms with Crippen LogP contribution in [0.25, 0.3) is 10.9 Å². The van der Waals surface area contributed by atoms with Gasteiger partial charge >= 0.3 is 0 Å². The predicted molar refractivity (Wildman–Crippen MR) is 136 cm³/mol. The molecule has 0 aliphatic carbocycles. The quantitative estimate of drug-likeness (QED) is 0.264. The average molecular weight is 439 g/mol. The lowest BCUT2D eigenvalue weighted by Crippen LogP contribution is -2.23. The molecule has 1 aromatic heterocycles. The number of rotatable bonds is 5. The van der Waals surface area contributed by atoms with Gasteiger partial charge in [-0.15, -0.1) is 0 Å². The third-order valence-corrected chi connectivity index (χ3v) is 6.37. The number of H-pyrrole nitrogens is 1. The molecule has 0 saturated carbocycles. The van der Waals surface area contributed by atoms with Gasteiger partial charge in [0.15, 0.2) is 5.88 Å². The number of aromatic hydroxyl groups is 1. The first-order valence-electron chi connectivity index (χ1n) is 11.7. The van der Waals surface area contributed by atoms with Crippen molar-refractivity contribution < 1.29 is 5.11 Å². The molecule has 5 nitrogen and oxygen atoms in total. The Morgan fingerprint density at radius 2 is 1.64 bits per heavy atom. The van der Waals surface area contributed by atoms with Crippen LogP contribution in [-0.2, 0) is 6.54 Å². The van der Waals surface area contributed by atoms with Crippen molar-refractivity contribution in [3.05, 3.63) is 89.5 Å². The van der Waals surface area contributed by atoms with Crippen LogP contribution in [0.3, 0.4) is 0 Å². The highest BCUT2D eigenvalue weighted by Gasteiger charge is 2.19. The van der Waals surface area contributed by atoms with Crippen molar-refractivity contribution in [1.29, 1.82) is 0 Å². The van der Waals surface area contributed by atoms with E-state index in [4.69, 9.17) is 10.7 Å². The Balaban J connectivity index is 1.51. The molecule has 5 heteroatoms. The zero-order valence-electron chi connectivity index (χ0n) is 18.8. The van der Waals surface area contributed by atoms with Gasteiger partial charge < -0.3 is 15.8 Å². The molecule has 5 rings (SSSR count). The van der Waals surface area contributed by atoms with E-state index in [9.17, 15) is 5.11 Å². The van der Waals surface area contributed by atoms with Crippen LogP contribution in [0.5, 0.6) is 5.88 Å². The van der Waals surface area contributed by atoms with Crippen LogP contribution in [0.15, 0.2) is 77.8 Å². The van der Waals surface area contributed by atoms with Crippen LogP contribution in [0.4, 0.5) is 11.4 Å². The summed E-state index contributed by atoms with van der Waals surface area (Å²) in [5, 5.41) is 11.7. The van der Waals surface area contributed by atoms with Gasteiger partial charge in [-0.05, 0) is 61.8 Å². The largest absolute Gasteiger partial charge is 0.494 e. The van der Waals surface area contributed by atoms with Gasteiger partial charge in [-0.2, -0.15) is 0 Å². The standard InChI is InChI=1S/C28H30N4O/c29-22-12-15-25-24(18-22)26(28(33)31-25)27(21-8-4-3-5-9-21)30-23-13-10-20(11-14-23)19-32-16-6-1-2-7-17-32/h3-5,8-15,18,31,33H,1-2,6-7,16-17,19,29H2. The van der Waals surface area contributed by atoms with Gasteiger partial charge in [0.25, 0.3) is 0 Å². The molecule has 0 unspecified atom stereocenters. The minimum atomic E-state index is 0.0935. The van der Waals surface area contributed by atoms with E-state index < -0.39 is 0 Å². The van der Waals surface area contributed by atoms with Gasteiger partial charge in [0.1, 0.15) is 0 Å². The highest BCUT2D eigenvalue weighted by atomic mass is 16.3. The van der Waals surface area contributed by atoms with Gasteiger partial charge in [-0.3, -0.25) is 4.90 Å². The second-order valence-electron chi connectivity index (χ2n) is 8.84. The van der Waals surface area contributed by atoms with Gasteiger partial charge in [0, 0.05) is 28.7 Å². The lowest BCUT2D eigenvalue weighted by atomic mass is 10.0. The molecule has 1 saturated heterocycles. The number of aliphatic imine (C=N–C) groups is 1. The molecule has 0 bridgehead atoms. The summed E-state index contributed by atoms with van der Waals surface area (Å²) in [5.74, 6) is 0.0935. The van der Waals surface area contributed by atoms with Crippen molar-refractivity contribution in [1.82, 2.24) is 9.88 Å². The molecule has 0 amide bonds. The third-order valence-electron chi connectivity index (χ3n) is 6.37. The van der Waals surface area contributed by atoms with Crippen LogP contribution < -0.4 is 5.73 Å². The van der Waals surface area contributed by atoms with E-state index in [-0.39, 0.29) is 5.88 Å². The Kier molecular flexibility index (Phi) is 6.13. The maximum atomic E-state index is 10.8. The van der Waals surface area contributed by atoms with Crippen molar-refractivity contribution in [2.75, 3.05) is 18.8 Å². The molecule has 0 atom stereocenters. The SMILES string of the molecule is Nc1ccc2[nH]c(O)c(C(=Nc3ccc(CN4CCCCCC4)cc3)c3ccccc3)c2c1. The van der Waals surface area contributed by atoms with Crippen LogP contribution in [0.2, 0.25) is 0 Å². The van der Waals surface area contributed by atoms with Crippen LogP contribution in [0.1, 0.15) is 42.4 Å². The average Bonchev–Trinajstić information content (AvgIpc) is 2.98. The highest BCUT2D eigenvalue weighted by molar-refractivity contribution is 6.22. The fraction of sp³-hybridized carbons (Fsp3) is 0.250. The monoisotopic (exact) mass is 438 g/mol. The molecule has 2 heterocycles. The number of benzene rings is 3. The van der Waals surface area contributed by atoms with Gasteiger partial charge in [-0.25, -0.2) is 4.99 Å². The zero-order chi connectivity index (χ0) is 22.6. The number of aromatic nitrogens is 1. The number of fused-ring (bicyclic) bond motifs is 1. The van der Waals surface area contributed by atoms with Gasteiger partial charge in [0.05, 0.1) is 17.0 Å². The number of likely N-dealkylation sites (tertiary alicyclic amines) is 1. The lowest BCUT2D eigenvalue weighted by Gasteiger charge is -2.19. The normalized spacial score (nSPS) is 15.6. The summed E-state index contributed by atoms with van der Waals surface area (Å²) in [6.07, 6.45) is 5.28. The predicted octanol–water partition coefficient (Wildman–Crippen LogP) is 6.00. The molecule has 168 valence electrons. The molecular formula is C28H30N4O. The van der Waals surface area contributed by atoms with E-state index in [1.165, 1.54) is 44.3 Å². The summed E-state index contributed by atoms with van der Waals surface area (Å²) in [6.45, 7) is 3.35. The Hall–Kier alpha value is -3.57. The molecule has 1 fully saturated rings. The van der Waals surface area contributed by atoms with E-state index in [1.807, 2.05) is 48.5 Å². The van der Waals surface area contributed by atoms with Crippen LogP contribution in [0, 0.1) is 0 Å². The molecule has 33 heavy (non-hydrogen) atoms. The first-order chi connectivity index (χ1) is 16.2. The van der Waals surface area contributed by atoms with E-state index >= 15 is 0 Å². The second-order valence-corrected chi connectivity index (χ2v) is 8.84. The third kappa shape index (κ3) is 4.78. The maximum absolute atomic E-state index is 10.8. The van der Waals surface area contributed by atoms with E-state index in [0.717, 1.165) is 28.7 Å². The lowest BCUT2D eigenvalue weighted by molar-refractivity contribution is 0.277. The van der Waals surface area contributed by atoms with Gasteiger partial charge in [-0.1, -0.05) is 55.3 Å². The van der Waals surface area contributed by atoms with E-state index in [2.05, 4.69) is 34.1 Å². The topological polar surface area (TPSA) is 77.6 Å². The fourth-order valence-electron chi connectivity index (χ4n) is 4.65. The summed E-state index contributed by atoms with van der Waals surface area (Å²) in [7, 11) is 0. The molecule has 0 spiro atoms.